The molecule has 0 aliphatic heterocycles. The minimum absolute atomic E-state index is 0.177. The van der Waals surface area contributed by atoms with Crippen molar-refractivity contribution in [3.63, 3.8) is 0 Å². The minimum atomic E-state index is -0.698. The highest BCUT2D eigenvalue weighted by molar-refractivity contribution is 6.35. The number of ether oxygens (including phenoxy) is 1. The minimum Gasteiger partial charge on any atom is -0.467 e. The standard InChI is InChI=1S/C10H14N2O4/c1-11-9(13)10(14)12-6-8(15-2)7-4-3-5-16-7/h3-5,8H,6H2,1-2H3,(H,11,13)(H,12,14). The van der Waals surface area contributed by atoms with E-state index in [0.717, 1.165) is 0 Å². The third-order valence-electron chi connectivity index (χ3n) is 2.03. The normalized spacial score (nSPS) is 11.9. The molecule has 0 saturated carbocycles. The Morgan fingerprint density at radius 1 is 1.50 bits per heavy atom. The lowest BCUT2D eigenvalue weighted by atomic mass is 10.2. The number of nitrogens with one attached hydrogen (secondary N) is 2. The zero-order chi connectivity index (χ0) is 12.0. The van der Waals surface area contributed by atoms with Crippen LogP contribution in [0.15, 0.2) is 22.8 Å². The molecule has 1 heterocycles. The van der Waals surface area contributed by atoms with Crippen LogP contribution in [-0.2, 0) is 14.3 Å². The van der Waals surface area contributed by atoms with Gasteiger partial charge in [0.05, 0.1) is 12.8 Å². The molecule has 1 rings (SSSR count). The van der Waals surface area contributed by atoms with Crippen molar-refractivity contribution in [1.82, 2.24) is 10.6 Å². The molecule has 0 aliphatic rings. The number of methoxy groups -OCH3 is 1. The Kier molecular flexibility index (Phi) is 4.53. The maximum atomic E-state index is 11.2. The van der Waals surface area contributed by atoms with E-state index in [-0.39, 0.29) is 6.54 Å². The fraction of sp³-hybridized carbons (Fsp3) is 0.400. The molecule has 1 atom stereocenters. The lowest BCUT2D eigenvalue weighted by molar-refractivity contribution is -0.139. The maximum Gasteiger partial charge on any atom is 0.309 e. The third-order valence-corrected chi connectivity index (χ3v) is 2.03. The SMILES string of the molecule is CNC(=O)C(=O)NCC(OC)c1ccco1. The van der Waals surface area contributed by atoms with Crippen LogP contribution in [0.5, 0.6) is 0 Å². The van der Waals surface area contributed by atoms with Gasteiger partial charge in [-0.2, -0.15) is 0 Å². The molecule has 0 saturated heterocycles. The van der Waals surface area contributed by atoms with E-state index in [0.29, 0.717) is 5.76 Å². The molecule has 16 heavy (non-hydrogen) atoms. The molecule has 1 aromatic rings. The van der Waals surface area contributed by atoms with Crippen molar-refractivity contribution in [3.8, 4) is 0 Å². The van der Waals surface area contributed by atoms with Gasteiger partial charge in [0.25, 0.3) is 0 Å². The summed E-state index contributed by atoms with van der Waals surface area (Å²) < 4.78 is 10.2. The average molecular weight is 226 g/mol. The summed E-state index contributed by atoms with van der Waals surface area (Å²) in [5.41, 5.74) is 0. The number of hydrogen-bond donors (Lipinski definition) is 2. The summed E-state index contributed by atoms with van der Waals surface area (Å²) in [7, 11) is 2.89. The van der Waals surface area contributed by atoms with Crippen molar-refractivity contribution in [3.05, 3.63) is 24.2 Å². The Morgan fingerprint density at radius 3 is 2.75 bits per heavy atom. The molecule has 1 aromatic heterocycles. The van der Waals surface area contributed by atoms with E-state index in [2.05, 4.69) is 10.6 Å². The monoisotopic (exact) mass is 226 g/mol. The average Bonchev–Trinajstić information content (AvgIpc) is 2.82. The number of furan rings is 1. The molecule has 0 radical (unpaired) electrons. The van der Waals surface area contributed by atoms with E-state index in [1.807, 2.05) is 0 Å². The molecule has 2 N–H and O–H groups in total. The summed E-state index contributed by atoms with van der Waals surface area (Å²) in [5.74, 6) is -0.787. The van der Waals surface area contributed by atoms with Crippen LogP contribution in [0.25, 0.3) is 0 Å². The second kappa shape index (κ2) is 5.92. The van der Waals surface area contributed by atoms with Gasteiger partial charge in [0.1, 0.15) is 11.9 Å². The molecular weight excluding hydrogens is 212 g/mol. The predicted octanol–water partition coefficient (Wildman–Crippen LogP) is -0.171. The van der Waals surface area contributed by atoms with Gasteiger partial charge in [0.2, 0.25) is 0 Å². The van der Waals surface area contributed by atoms with Gasteiger partial charge in [-0.1, -0.05) is 0 Å². The number of carbonyl (C=O) groups excluding carboxylic acids is 2. The molecule has 0 aliphatic carbocycles. The van der Waals surface area contributed by atoms with E-state index in [1.165, 1.54) is 20.4 Å². The van der Waals surface area contributed by atoms with E-state index in [9.17, 15) is 9.59 Å². The topological polar surface area (TPSA) is 80.6 Å². The van der Waals surface area contributed by atoms with Crippen LogP contribution in [0, 0.1) is 0 Å². The zero-order valence-electron chi connectivity index (χ0n) is 9.15. The van der Waals surface area contributed by atoms with Gasteiger partial charge in [0.15, 0.2) is 0 Å². The van der Waals surface area contributed by atoms with Crippen molar-refractivity contribution < 1.29 is 18.7 Å². The maximum absolute atomic E-state index is 11.2. The quantitative estimate of drug-likeness (QED) is 0.698. The van der Waals surface area contributed by atoms with E-state index >= 15 is 0 Å². The van der Waals surface area contributed by atoms with Crippen molar-refractivity contribution in [2.45, 2.75) is 6.10 Å². The predicted molar refractivity (Wildman–Crippen MR) is 55.5 cm³/mol. The van der Waals surface area contributed by atoms with Crippen LogP contribution in [0.2, 0.25) is 0 Å². The second-order valence-electron chi connectivity index (χ2n) is 3.03. The molecule has 88 valence electrons. The Bertz CT molecular complexity index is 348. The number of rotatable bonds is 4. The van der Waals surface area contributed by atoms with Gasteiger partial charge in [0, 0.05) is 14.2 Å². The summed E-state index contributed by atoms with van der Waals surface area (Å²) in [6.07, 6.45) is 1.12. The number of carbonyl (C=O) groups is 2. The van der Waals surface area contributed by atoms with Crippen molar-refractivity contribution in [2.75, 3.05) is 20.7 Å². The largest absolute Gasteiger partial charge is 0.467 e. The number of hydrogen-bond acceptors (Lipinski definition) is 4. The molecule has 6 heteroatoms. The lowest BCUT2D eigenvalue weighted by Crippen LogP contribution is -2.40. The first kappa shape index (κ1) is 12.3. The van der Waals surface area contributed by atoms with Crippen LogP contribution >= 0.6 is 0 Å². The summed E-state index contributed by atoms with van der Waals surface area (Å²) in [6.45, 7) is 0.177. The summed E-state index contributed by atoms with van der Waals surface area (Å²) in [5, 5.41) is 4.66. The van der Waals surface area contributed by atoms with E-state index in [1.54, 1.807) is 12.1 Å². The number of likely N-dealkylation sites (N-methyl/N-ethyl adjacent to an activating group) is 1. The molecule has 1 unspecified atom stereocenters. The van der Waals surface area contributed by atoms with Gasteiger partial charge in [-0.15, -0.1) is 0 Å². The number of amides is 2. The Morgan fingerprint density at radius 2 is 2.25 bits per heavy atom. The summed E-state index contributed by atoms with van der Waals surface area (Å²) >= 11 is 0. The van der Waals surface area contributed by atoms with Crippen LogP contribution in [0.1, 0.15) is 11.9 Å². The molecule has 0 spiro atoms. The highest BCUT2D eigenvalue weighted by Gasteiger charge is 2.17. The van der Waals surface area contributed by atoms with Gasteiger partial charge < -0.3 is 19.8 Å². The van der Waals surface area contributed by atoms with E-state index in [4.69, 9.17) is 9.15 Å². The highest BCUT2D eigenvalue weighted by Crippen LogP contribution is 2.15. The molecule has 6 nitrogen and oxygen atoms in total. The second-order valence-corrected chi connectivity index (χ2v) is 3.03. The van der Waals surface area contributed by atoms with Crippen LogP contribution in [0.4, 0.5) is 0 Å². The van der Waals surface area contributed by atoms with Crippen LogP contribution in [-0.4, -0.2) is 32.5 Å². The first-order valence-electron chi connectivity index (χ1n) is 4.75. The molecule has 0 aromatic carbocycles. The third kappa shape index (κ3) is 3.09. The van der Waals surface area contributed by atoms with Crippen molar-refractivity contribution in [2.24, 2.45) is 0 Å². The molecule has 0 bridgehead atoms. The van der Waals surface area contributed by atoms with Crippen LogP contribution < -0.4 is 10.6 Å². The fourth-order valence-corrected chi connectivity index (χ4v) is 1.15. The lowest BCUT2D eigenvalue weighted by Gasteiger charge is -2.13. The van der Waals surface area contributed by atoms with E-state index < -0.39 is 17.9 Å². The Labute approximate surface area is 93.0 Å². The Balaban J connectivity index is 2.47. The fourth-order valence-electron chi connectivity index (χ4n) is 1.15. The molecule has 0 fully saturated rings. The first-order valence-corrected chi connectivity index (χ1v) is 4.75. The van der Waals surface area contributed by atoms with Gasteiger partial charge in [-0.05, 0) is 12.1 Å². The smallest absolute Gasteiger partial charge is 0.309 e. The molecular formula is C10H14N2O4. The van der Waals surface area contributed by atoms with Gasteiger partial charge in [-0.25, -0.2) is 0 Å². The summed E-state index contributed by atoms with van der Waals surface area (Å²) in [6, 6.07) is 3.46. The molecule has 2 amide bonds. The van der Waals surface area contributed by atoms with Crippen molar-refractivity contribution >= 4 is 11.8 Å². The Hall–Kier alpha value is -1.82. The zero-order valence-corrected chi connectivity index (χ0v) is 9.15. The van der Waals surface area contributed by atoms with Gasteiger partial charge in [-0.3, -0.25) is 9.59 Å². The highest BCUT2D eigenvalue weighted by atomic mass is 16.5. The summed E-state index contributed by atoms with van der Waals surface area (Å²) in [4.78, 5) is 22.1. The van der Waals surface area contributed by atoms with Crippen LogP contribution in [0.3, 0.4) is 0 Å². The van der Waals surface area contributed by atoms with Gasteiger partial charge >= 0.3 is 11.8 Å². The van der Waals surface area contributed by atoms with Crippen molar-refractivity contribution in [1.29, 1.82) is 0 Å². The first-order chi connectivity index (χ1) is 7.69.